The topological polar surface area (TPSA) is 25.8 Å². The lowest BCUT2D eigenvalue weighted by Gasteiger charge is -2.21. The molecule has 0 N–H and O–H groups in total. The molecule has 5 heteroatoms. The summed E-state index contributed by atoms with van der Waals surface area (Å²) in [6.07, 6.45) is 6.85. The normalized spacial score (nSPS) is 16.0. The SMILES string of the molecule is FC1(F)CC=C(c2cc(-c3cncc(-c4ccccc4Cl)c3)ccn2)CC1. The van der Waals surface area contributed by atoms with Gasteiger partial charge in [-0.15, -0.1) is 0 Å². The molecule has 2 heterocycles. The minimum atomic E-state index is -2.60. The maximum absolute atomic E-state index is 13.4. The Balaban J connectivity index is 1.68. The number of rotatable bonds is 3. The standard InChI is InChI=1S/C22H17ClF2N2/c23-20-4-2-1-3-19(20)18-11-17(13-26-14-18)16-7-10-27-21(12-16)15-5-8-22(24,25)9-6-15/h1-5,7,10-14H,6,8-9H2. The molecule has 27 heavy (non-hydrogen) atoms. The molecule has 3 aromatic rings. The molecule has 0 fully saturated rings. The van der Waals surface area contributed by atoms with Gasteiger partial charge in [-0.25, -0.2) is 8.78 Å². The van der Waals surface area contributed by atoms with Crippen molar-refractivity contribution in [3.8, 4) is 22.3 Å². The third-order valence-electron chi connectivity index (χ3n) is 4.75. The zero-order chi connectivity index (χ0) is 18.9. The Labute approximate surface area is 161 Å². The van der Waals surface area contributed by atoms with E-state index in [9.17, 15) is 8.78 Å². The zero-order valence-corrected chi connectivity index (χ0v) is 15.3. The van der Waals surface area contributed by atoms with Crippen LogP contribution in [0.2, 0.25) is 5.02 Å². The molecule has 136 valence electrons. The summed E-state index contributed by atoms with van der Waals surface area (Å²) in [4.78, 5) is 8.72. The average molecular weight is 383 g/mol. The van der Waals surface area contributed by atoms with E-state index in [1.165, 1.54) is 0 Å². The fraction of sp³-hybridized carbons (Fsp3) is 0.182. The lowest BCUT2D eigenvalue weighted by atomic mass is 9.93. The van der Waals surface area contributed by atoms with Gasteiger partial charge in [0.25, 0.3) is 5.92 Å². The molecule has 1 aliphatic carbocycles. The van der Waals surface area contributed by atoms with Gasteiger partial charge in [-0.05, 0) is 41.8 Å². The fourth-order valence-electron chi connectivity index (χ4n) is 3.25. The minimum Gasteiger partial charge on any atom is -0.263 e. The smallest absolute Gasteiger partial charge is 0.251 e. The summed E-state index contributed by atoms with van der Waals surface area (Å²) >= 11 is 6.30. The molecule has 2 aromatic heterocycles. The van der Waals surface area contributed by atoms with Gasteiger partial charge in [0.1, 0.15) is 0 Å². The van der Waals surface area contributed by atoms with E-state index in [-0.39, 0.29) is 12.8 Å². The van der Waals surface area contributed by atoms with Crippen LogP contribution in [-0.2, 0) is 0 Å². The molecule has 0 unspecified atom stereocenters. The second kappa shape index (κ2) is 7.20. The number of nitrogens with zero attached hydrogens (tertiary/aromatic N) is 2. The van der Waals surface area contributed by atoms with Crippen molar-refractivity contribution in [3.05, 3.63) is 77.8 Å². The van der Waals surface area contributed by atoms with Gasteiger partial charge in [0, 0.05) is 53.1 Å². The van der Waals surface area contributed by atoms with Crippen LogP contribution < -0.4 is 0 Å². The number of alkyl halides is 2. The van der Waals surface area contributed by atoms with Crippen molar-refractivity contribution >= 4 is 17.2 Å². The van der Waals surface area contributed by atoms with Gasteiger partial charge >= 0.3 is 0 Å². The van der Waals surface area contributed by atoms with Gasteiger partial charge in [-0.2, -0.15) is 0 Å². The molecule has 1 aliphatic rings. The molecule has 0 saturated carbocycles. The lowest BCUT2D eigenvalue weighted by molar-refractivity contribution is -0.00605. The zero-order valence-electron chi connectivity index (χ0n) is 14.5. The molecule has 4 rings (SSSR count). The van der Waals surface area contributed by atoms with E-state index in [1.54, 1.807) is 24.7 Å². The van der Waals surface area contributed by atoms with Crippen LogP contribution in [0.15, 0.2) is 67.1 Å². The Morgan fingerprint density at radius 2 is 1.78 bits per heavy atom. The van der Waals surface area contributed by atoms with Crippen LogP contribution in [0.1, 0.15) is 25.0 Å². The van der Waals surface area contributed by atoms with Crippen LogP contribution in [0.4, 0.5) is 8.78 Å². The number of aromatic nitrogens is 2. The van der Waals surface area contributed by atoms with Crippen LogP contribution in [-0.4, -0.2) is 15.9 Å². The Bertz CT molecular complexity index is 1010. The monoisotopic (exact) mass is 382 g/mol. The Kier molecular flexibility index (Phi) is 4.75. The number of hydrogen-bond acceptors (Lipinski definition) is 2. The van der Waals surface area contributed by atoms with Gasteiger partial charge in [-0.3, -0.25) is 9.97 Å². The van der Waals surface area contributed by atoms with Crippen molar-refractivity contribution in [3.63, 3.8) is 0 Å². The first-order valence-electron chi connectivity index (χ1n) is 8.75. The predicted molar refractivity (Wildman–Crippen MR) is 105 cm³/mol. The summed E-state index contributed by atoms with van der Waals surface area (Å²) in [6.45, 7) is 0. The average Bonchev–Trinajstić information content (AvgIpc) is 2.68. The largest absolute Gasteiger partial charge is 0.263 e. The maximum Gasteiger partial charge on any atom is 0.251 e. The molecule has 0 saturated heterocycles. The molecule has 2 nitrogen and oxygen atoms in total. The summed E-state index contributed by atoms with van der Waals surface area (Å²) in [5.74, 6) is -2.60. The quantitative estimate of drug-likeness (QED) is 0.505. The van der Waals surface area contributed by atoms with Gasteiger partial charge in [0.15, 0.2) is 0 Å². The summed E-state index contributed by atoms with van der Waals surface area (Å²) < 4.78 is 26.8. The first-order valence-corrected chi connectivity index (χ1v) is 9.13. The molecular formula is C22H17ClF2N2. The van der Waals surface area contributed by atoms with E-state index in [0.29, 0.717) is 11.4 Å². The third-order valence-corrected chi connectivity index (χ3v) is 5.08. The number of halogens is 3. The highest BCUT2D eigenvalue weighted by atomic mass is 35.5. The highest BCUT2D eigenvalue weighted by Crippen LogP contribution is 2.36. The van der Waals surface area contributed by atoms with Crippen molar-refractivity contribution in [2.75, 3.05) is 0 Å². The Morgan fingerprint density at radius 3 is 2.56 bits per heavy atom. The summed E-state index contributed by atoms with van der Waals surface area (Å²) in [7, 11) is 0. The third kappa shape index (κ3) is 3.91. The highest BCUT2D eigenvalue weighted by Gasteiger charge is 2.31. The molecule has 0 spiro atoms. The van der Waals surface area contributed by atoms with E-state index < -0.39 is 5.92 Å². The first kappa shape index (κ1) is 17.8. The first-order chi connectivity index (χ1) is 13.0. The predicted octanol–water partition coefficient (Wildman–Crippen LogP) is 6.67. The van der Waals surface area contributed by atoms with Crippen molar-refractivity contribution in [1.29, 1.82) is 0 Å². The molecular weight excluding hydrogens is 366 g/mol. The second-order valence-corrected chi connectivity index (χ2v) is 7.07. The summed E-state index contributed by atoms with van der Waals surface area (Å²) in [5, 5.41) is 0.667. The van der Waals surface area contributed by atoms with Crippen LogP contribution in [0.25, 0.3) is 27.8 Å². The van der Waals surface area contributed by atoms with E-state index >= 15 is 0 Å². The van der Waals surface area contributed by atoms with Gasteiger partial charge < -0.3 is 0 Å². The molecule has 1 aromatic carbocycles. The van der Waals surface area contributed by atoms with Crippen LogP contribution in [0.5, 0.6) is 0 Å². The molecule has 0 radical (unpaired) electrons. The van der Waals surface area contributed by atoms with E-state index in [4.69, 9.17) is 11.6 Å². The van der Waals surface area contributed by atoms with E-state index in [0.717, 1.165) is 33.5 Å². The summed E-state index contributed by atoms with van der Waals surface area (Å²) in [5.41, 5.74) is 5.33. The fourth-order valence-corrected chi connectivity index (χ4v) is 3.50. The number of pyridine rings is 2. The summed E-state index contributed by atoms with van der Waals surface area (Å²) in [6, 6.07) is 13.5. The van der Waals surface area contributed by atoms with E-state index in [1.807, 2.05) is 42.5 Å². The minimum absolute atomic E-state index is 0.131. The molecule has 0 bridgehead atoms. The van der Waals surface area contributed by atoms with Crippen molar-refractivity contribution in [2.24, 2.45) is 0 Å². The van der Waals surface area contributed by atoms with E-state index in [2.05, 4.69) is 9.97 Å². The number of hydrogen-bond donors (Lipinski definition) is 0. The van der Waals surface area contributed by atoms with Crippen molar-refractivity contribution in [1.82, 2.24) is 9.97 Å². The van der Waals surface area contributed by atoms with Gasteiger partial charge in [-0.1, -0.05) is 35.9 Å². The van der Waals surface area contributed by atoms with Gasteiger partial charge in [0.05, 0.1) is 5.69 Å². The Hall–Kier alpha value is -2.59. The number of allylic oxidation sites excluding steroid dienone is 2. The highest BCUT2D eigenvalue weighted by molar-refractivity contribution is 6.33. The molecule has 0 amide bonds. The second-order valence-electron chi connectivity index (χ2n) is 6.66. The van der Waals surface area contributed by atoms with Crippen LogP contribution >= 0.6 is 11.6 Å². The maximum atomic E-state index is 13.4. The van der Waals surface area contributed by atoms with Crippen LogP contribution in [0.3, 0.4) is 0 Å². The Morgan fingerprint density at radius 1 is 0.963 bits per heavy atom. The van der Waals surface area contributed by atoms with Crippen molar-refractivity contribution < 1.29 is 8.78 Å². The number of benzene rings is 1. The molecule has 0 aliphatic heterocycles. The van der Waals surface area contributed by atoms with Crippen molar-refractivity contribution in [2.45, 2.75) is 25.2 Å². The van der Waals surface area contributed by atoms with Crippen LogP contribution in [0, 0.1) is 0 Å². The van der Waals surface area contributed by atoms with Gasteiger partial charge in [0.2, 0.25) is 0 Å². The lowest BCUT2D eigenvalue weighted by Crippen LogP contribution is -2.18. The molecule has 0 atom stereocenters.